The van der Waals surface area contributed by atoms with E-state index in [2.05, 4.69) is 35.2 Å². The van der Waals surface area contributed by atoms with Crippen LogP contribution in [0.25, 0.3) is 0 Å². The maximum atomic E-state index is 7.45. The summed E-state index contributed by atoms with van der Waals surface area (Å²) in [4.78, 5) is 2.43. The third-order valence-electron chi connectivity index (χ3n) is 2.96. The summed E-state index contributed by atoms with van der Waals surface area (Å²) < 4.78 is 0. The number of benzene rings is 1. The molecule has 1 aliphatic heterocycles. The molecule has 0 spiro atoms. The Morgan fingerprint density at radius 2 is 2.07 bits per heavy atom. The van der Waals surface area contributed by atoms with Crippen LogP contribution in [-0.4, -0.2) is 24.0 Å². The molecule has 2 heteroatoms. The van der Waals surface area contributed by atoms with Crippen LogP contribution in [0, 0.1) is 0 Å². The monoisotopic (exact) mass is 189 g/mol. The molecule has 0 aliphatic carbocycles. The van der Waals surface area contributed by atoms with Crippen LogP contribution in [-0.2, 0) is 6.54 Å². The van der Waals surface area contributed by atoms with Gasteiger partial charge in [-0.15, -0.1) is 0 Å². The van der Waals surface area contributed by atoms with Crippen LogP contribution in [0.15, 0.2) is 30.3 Å². The van der Waals surface area contributed by atoms with Crippen molar-refractivity contribution in [1.82, 2.24) is 10.6 Å². The van der Waals surface area contributed by atoms with Crippen LogP contribution in [0.5, 0.6) is 0 Å². The quantitative estimate of drug-likeness (QED) is 0.713. The largest absolute Gasteiger partial charge is 0.295 e. The molecule has 0 bridgehead atoms. The van der Waals surface area contributed by atoms with E-state index in [4.69, 9.17) is 5.73 Å². The predicted octanol–water partition coefficient (Wildman–Crippen LogP) is 1.93. The fourth-order valence-electron chi connectivity index (χ4n) is 2.15. The van der Waals surface area contributed by atoms with Crippen molar-refractivity contribution < 1.29 is 0 Å². The molecule has 1 fully saturated rings. The summed E-state index contributed by atoms with van der Waals surface area (Å²) in [6.45, 7) is 2.73. The highest BCUT2D eigenvalue weighted by Crippen LogP contribution is 2.19. The van der Waals surface area contributed by atoms with Crippen molar-refractivity contribution in [2.24, 2.45) is 0 Å². The summed E-state index contributed by atoms with van der Waals surface area (Å²) in [6, 6.07) is 11.0. The number of nitrogens with zero attached hydrogens (tertiary/aromatic N) is 1. The first-order chi connectivity index (χ1) is 6.90. The summed E-state index contributed by atoms with van der Waals surface area (Å²) >= 11 is 0. The third-order valence-corrected chi connectivity index (χ3v) is 2.96. The maximum Gasteiger partial charge on any atom is 0.0256 e. The minimum Gasteiger partial charge on any atom is -0.295 e. The second-order valence-electron chi connectivity index (χ2n) is 3.96. The van der Waals surface area contributed by atoms with Gasteiger partial charge in [-0.3, -0.25) is 10.6 Å². The molecule has 1 aliphatic rings. The van der Waals surface area contributed by atoms with E-state index in [0.29, 0.717) is 12.6 Å². The molecule has 0 aromatic heterocycles. The molecule has 1 unspecified atom stereocenters. The van der Waals surface area contributed by atoms with Gasteiger partial charge >= 0.3 is 0 Å². The van der Waals surface area contributed by atoms with E-state index >= 15 is 0 Å². The van der Waals surface area contributed by atoms with Crippen molar-refractivity contribution in [2.75, 3.05) is 13.1 Å². The zero-order chi connectivity index (χ0) is 9.80. The number of rotatable bonds is 3. The summed E-state index contributed by atoms with van der Waals surface area (Å²) in [5.41, 5.74) is 8.82. The van der Waals surface area contributed by atoms with Gasteiger partial charge in [0.05, 0.1) is 0 Å². The van der Waals surface area contributed by atoms with E-state index in [0.717, 1.165) is 6.54 Å². The minimum atomic E-state index is 0.496. The Bertz CT molecular complexity index is 271. The molecule has 1 atom stereocenters. The highest BCUT2D eigenvalue weighted by molar-refractivity contribution is 5.14. The molecule has 1 radical (unpaired) electrons. The molecular weight excluding hydrogens is 172 g/mol. The molecule has 14 heavy (non-hydrogen) atoms. The van der Waals surface area contributed by atoms with E-state index in [1.807, 2.05) is 0 Å². The fraction of sp³-hybridized carbons (Fsp3) is 0.500. The number of hydrogen-bond donors (Lipinski definition) is 0. The molecule has 2 nitrogen and oxygen atoms in total. The number of hydrogen-bond acceptors (Lipinski definition) is 1. The van der Waals surface area contributed by atoms with Gasteiger partial charge in [0.15, 0.2) is 0 Å². The van der Waals surface area contributed by atoms with Crippen molar-refractivity contribution in [1.29, 1.82) is 0 Å². The summed E-state index contributed by atoms with van der Waals surface area (Å²) in [5, 5.41) is 0. The molecule has 1 heterocycles. The molecular formula is C12H17N2. The molecule has 75 valence electrons. The Hall–Kier alpha value is -0.860. The van der Waals surface area contributed by atoms with Gasteiger partial charge in [-0.2, -0.15) is 0 Å². The number of likely N-dealkylation sites (tertiary alicyclic amines) is 1. The number of nitrogens with one attached hydrogen (secondary N) is 1. The first-order valence-electron chi connectivity index (χ1n) is 5.32. The van der Waals surface area contributed by atoms with E-state index in [-0.39, 0.29) is 0 Å². The van der Waals surface area contributed by atoms with Crippen LogP contribution < -0.4 is 5.73 Å². The topological polar surface area (TPSA) is 27.0 Å². The van der Waals surface area contributed by atoms with Gasteiger partial charge in [0.2, 0.25) is 0 Å². The fourth-order valence-corrected chi connectivity index (χ4v) is 2.15. The van der Waals surface area contributed by atoms with Gasteiger partial charge in [0.1, 0.15) is 0 Å². The van der Waals surface area contributed by atoms with Crippen LogP contribution in [0.3, 0.4) is 0 Å². The molecule has 2 rings (SSSR count). The Morgan fingerprint density at radius 3 is 2.79 bits per heavy atom. The normalized spacial score (nSPS) is 22.8. The molecule has 1 N–H and O–H groups in total. The van der Waals surface area contributed by atoms with Crippen LogP contribution in [0.2, 0.25) is 0 Å². The minimum absolute atomic E-state index is 0.496. The van der Waals surface area contributed by atoms with Crippen molar-refractivity contribution in [3.8, 4) is 0 Å². The highest BCUT2D eigenvalue weighted by atomic mass is 15.2. The second kappa shape index (κ2) is 4.58. The zero-order valence-electron chi connectivity index (χ0n) is 8.45. The van der Waals surface area contributed by atoms with Crippen molar-refractivity contribution in [3.05, 3.63) is 35.9 Å². The third kappa shape index (κ3) is 2.14. The van der Waals surface area contributed by atoms with E-state index in [9.17, 15) is 0 Å². The van der Waals surface area contributed by atoms with Crippen LogP contribution in [0.1, 0.15) is 18.4 Å². The van der Waals surface area contributed by atoms with Gasteiger partial charge in [0, 0.05) is 19.1 Å². The van der Waals surface area contributed by atoms with E-state index in [1.165, 1.54) is 24.9 Å². The van der Waals surface area contributed by atoms with Crippen molar-refractivity contribution >= 4 is 0 Å². The molecule has 1 saturated heterocycles. The summed E-state index contributed by atoms with van der Waals surface area (Å²) in [7, 11) is 0. The Kier molecular flexibility index (Phi) is 3.17. The molecule has 1 aromatic carbocycles. The molecule has 1 aromatic rings. The van der Waals surface area contributed by atoms with E-state index < -0.39 is 0 Å². The van der Waals surface area contributed by atoms with Crippen molar-refractivity contribution in [3.63, 3.8) is 0 Å². The first-order valence-corrected chi connectivity index (χ1v) is 5.32. The van der Waals surface area contributed by atoms with Gasteiger partial charge < -0.3 is 0 Å². The summed E-state index contributed by atoms with van der Waals surface area (Å²) in [5.74, 6) is 0. The van der Waals surface area contributed by atoms with Gasteiger partial charge in [-0.05, 0) is 24.9 Å². The lowest BCUT2D eigenvalue weighted by atomic mass is 10.2. The predicted molar refractivity (Wildman–Crippen MR) is 57.8 cm³/mol. The lowest BCUT2D eigenvalue weighted by Crippen LogP contribution is -2.32. The smallest absolute Gasteiger partial charge is 0.0256 e. The standard InChI is InChI=1S/C12H17N2/c13-9-12-7-4-8-14(12)10-11-5-2-1-3-6-11/h1-3,5-6,12-13H,4,7-10H2. The lowest BCUT2D eigenvalue weighted by molar-refractivity contribution is 0.248. The highest BCUT2D eigenvalue weighted by Gasteiger charge is 2.22. The average Bonchev–Trinajstić information content (AvgIpc) is 2.67. The Balaban J connectivity index is 1.97. The van der Waals surface area contributed by atoms with Crippen LogP contribution in [0.4, 0.5) is 0 Å². The zero-order valence-corrected chi connectivity index (χ0v) is 8.45. The lowest BCUT2D eigenvalue weighted by Gasteiger charge is -2.22. The van der Waals surface area contributed by atoms with Gasteiger partial charge in [-0.25, -0.2) is 0 Å². The van der Waals surface area contributed by atoms with Gasteiger partial charge in [-0.1, -0.05) is 30.3 Å². The summed E-state index contributed by atoms with van der Waals surface area (Å²) in [6.07, 6.45) is 2.46. The Morgan fingerprint density at radius 1 is 1.29 bits per heavy atom. The first kappa shape index (κ1) is 9.69. The maximum absolute atomic E-state index is 7.45. The second-order valence-corrected chi connectivity index (χ2v) is 3.96. The SMILES string of the molecule is [NH]CC1CCCN1Cc1ccccc1. The van der Waals surface area contributed by atoms with E-state index in [1.54, 1.807) is 0 Å². The molecule has 0 saturated carbocycles. The van der Waals surface area contributed by atoms with Crippen molar-refractivity contribution in [2.45, 2.75) is 25.4 Å². The average molecular weight is 189 g/mol. The Labute approximate surface area is 85.7 Å². The van der Waals surface area contributed by atoms with Crippen LogP contribution >= 0.6 is 0 Å². The molecule has 0 amide bonds. The van der Waals surface area contributed by atoms with Gasteiger partial charge in [0.25, 0.3) is 0 Å².